The highest BCUT2D eigenvalue weighted by Crippen LogP contribution is 2.11. The van der Waals surface area contributed by atoms with Crippen molar-refractivity contribution >= 4 is 11.9 Å². The lowest BCUT2D eigenvalue weighted by molar-refractivity contribution is -0.143. The van der Waals surface area contributed by atoms with E-state index in [0.29, 0.717) is 5.56 Å². The van der Waals surface area contributed by atoms with Gasteiger partial charge in [-0.2, -0.15) is 0 Å². The third-order valence-electron chi connectivity index (χ3n) is 3.57. The van der Waals surface area contributed by atoms with E-state index < -0.39 is 5.97 Å². The first kappa shape index (κ1) is 16.7. The number of carbonyl (C=O) groups is 2. The molecule has 0 unspecified atom stereocenters. The third kappa shape index (κ3) is 4.95. The number of rotatable bonds is 5. The second-order valence-electron chi connectivity index (χ2n) is 5.64. The van der Waals surface area contributed by atoms with Crippen molar-refractivity contribution < 1.29 is 14.3 Å². The van der Waals surface area contributed by atoms with Gasteiger partial charge >= 0.3 is 5.97 Å². The summed E-state index contributed by atoms with van der Waals surface area (Å²) in [5.41, 5.74) is 4.70. The molecule has 2 aromatic carbocycles. The van der Waals surface area contributed by atoms with Crippen molar-refractivity contribution in [2.24, 2.45) is 0 Å². The van der Waals surface area contributed by atoms with E-state index in [-0.39, 0.29) is 19.1 Å². The molecule has 1 amide bonds. The molecule has 2 aromatic rings. The minimum absolute atomic E-state index is 0.141. The summed E-state index contributed by atoms with van der Waals surface area (Å²) in [4.78, 5) is 23.7. The Morgan fingerprint density at radius 2 is 1.74 bits per heavy atom. The fourth-order valence-electron chi connectivity index (χ4n) is 2.21. The summed E-state index contributed by atoms with van der Waals surface area (Å²) in [7, 11) is 0. The fourth-order valence-corrected chi connectivity index (χ4v) is 2.21. The van der Waals surface area contributed by atoms with Gasteiger partial charge in [0.1, 0.15) is 13.2 Å². The normalized spacial score (nSPS) is 10.2. The van der Waals surface area contributed by atoms with Gasteiger partial charge in [0.2, 0.25) is 0 Å². The molecule has 0 spiro atoms. The largest absolute Gasteiger partial charge is 0.459 e. The summed E-state index contributed by atoms with van der Waals surface area (Å²) in [6, 6.07) is 13.2. The molecule has 0 heterocycles. The molecule has 0 bridgehead atoms. The van der Waals surface area contributed by atoms with Crippen LogP contribution in [-0.2, 0) is 16.1 Å². The monoisotopic (exact) mass is 311 g/mol. The van der Waals surface area contributed by atoms with Gasteiger partial charge in [-0.15, -0.1) is 0 Å². The van der Waals surface area contributed by atoms with Crippen LogP contribution < -0.4 is 5.32 Å². The molecule has 0 aliphatic carbocycles. The zero-order valence-corrected chi connectivity index (χ0v) is 13.7. The predicted octanol–water partition coefficient (Wildman–Crippen LogP) is 3.09. The Bertz CT molecular complexity index is 722. The van der Waals surface area contributed by atoms with Gasteiger partial charge in [-0.3, -0.25) is 9.59 Å². The van der Waals surface area contributed by atoms with E-state index in [1.165, 1.54) is 0 Å². The molecule has 0 aromatic heterocycles. The van der Waals surface area contributed by atoms with Gasteiger partial charge in [-0.25, -0.2) is 0 Å². The number of nitrogens with one attached hydrogen (secondary N) is 1. The van der Waals surface area contributed by atoms with E-state index in [4.69, 9.17) is 4.74 Å². The fraction of sp³-hybridized carbons (Fsp3) is 0.263. The Hall–Kier alpha value is -2.62. The van der Waals surface area contributed by atoms with E-state index in [0.717, 1.165) is 22.3 Å². The zero-order chi connectivity index (χ0) is 16.8. The van der Waals surface area contributed by atoms with Crippen molar-refractivity contribution in [1.82, 2.24) is 5.32 Å². The van der Waals surface area contributed by atoms with Gasteiger partial charge in [0.25, 0.3) is 5.91 Å². The number of ether oxygens (including phenoxy) is 1. The van der Waals surface area contributed by atoms with Crippen LogP contribution in [0.4, 0.5) is 0 Å². The lowest BCUT2D eigenvalue weighted by Gasteiger charge is -2.09. The Labute approximate surface area is 136 Å². The molecule has 120 valence electrons. The Balaban J connectivity index is 1.83. The third-order valence-corrected chi connectivity index (χ3v) is 3.57. The van der Waals surface area contributed by atoms with E-state index >= 15 is 0 Å². The standard InChI is InChI=1S/C19H21NO3/c1-13-5-4-6-16(9-13)19(22)20-11-18(21)23-12-17-10-14(2)7-8-15(17)3/h4-10H,11-12H2,1-3H3,(H,20,22). The Morgan fingerprint density at radius 3 is 2.48 bits per heavy atom. The van der Waals surface area contributed by atoms with Gasteiger partial charge in [-0.1, -0.05) is 41.5 Å². The topological polar surface area (TPSA) is 55.4 Å². The van der Waals surface area contributed by atoms with Crippen LogP contribution in [-0.4, -0.2) is 18.4 Å². The van der Waals surface area contributed by atoms with Crippen LogP contribution in [0.3, 0.4) is 0 Å². The van der Waals surface area contributed by atoms with E-state index in [2.05, 4.69) is 5.32 Å². The maximum Gasteiger partial charge on any atom is 0.325 e. The van der Waals surface area contributed by atoms with Gasteiger partial charge in [0.05, 0.1) is 0 Å². The summed E-state index contributed by atoms with van der Waals surface area (Å²) >= 11 is 0. The highest BCUT2D eigenvalue weighted by Gasteiger charge is 2.09. The second kappa shape index (κ2) is 7.58. The first-order valence-corrected chi connectivity index (χ1v) is 7.52. The van der Waals surface area contributed by atoms with Crippen molar-refractivity contribution in [3.63, 3.8) is 0 Å². The van der Waals surface area contributed by atoms with Crippen LogP contribution in [0.1, 0.15) is 32.6 Å². The molecule has 2 rings (SSSR count). The molecule has 4 heteroatoms. The summed E-state index contributed by atoms with van der Waals surface area (Å²) in [5, 5.41) is 2.57. The summed E-state index contributed by atoms with van der Waals surface area (Å²) in [6.07, 6.45) is 0. The Kier molecular flexibility index (Phi) is 5.52. The van der Waals surface area contributed by atoms with Gasteiger partial charge < -0.3 is 10.1 Å². The van der Waals surface area contributed by atoms with Crippen LogP contribution >= 0.6 is 0 Å². The molecule has 0 aliphatic rings. The minimum Gasteiger partial charge on any atom is -0.459 e. The lowest BCUT2D eigenvalue weighted by Crippen LogP contribution is -2.30. The highest BCUT2D eigenvalue weighted by molar-refractivity contribution is 5.96. The lowest BCUT2D eigenvalue weighted by atomic mass is 10.1. The molecule has 0 saturated carbocycles. The van der Waals surface area contributed by atoms with Gasteiger partial charge in [0, 0.05) is 5.56 Å². The zero-order valence-electron chi connectivity index (χ0n) is 13.7. The molecule has 4 nitrogen and oxygen atoms in total. The van der Waals surface area contributed by atoms with Crippen LogP contribution in [0.15, 0.2) is 42.5 Å². The van der Waals surface area contributed by atoms with Crippen molar-refractivity contribution in [2.75, 3.05) is 6.54 Å². The first-order valence-electron chi connectivity index (χ1n) is 7.52. The molecule has 0 saturated heterocycles. The van der Waals surface area contributed by atoms with Crippen molar-refractivity contribution in [3.05, 3.63) is 70.3 Å². The molecule has 0 fully saturated rings. The van der Waals surface area contributed by atoms with Crippen LogP contribution in [0.5, 0.6) is 0 Å². The number of amides is 1. The molecule has 0 atom stereocenters. The summed E-state index contributed by atoms with van der Waals surface area (Å²) in [5.74, 6) is -0.732. The average Bonchev–Trinajstić information content (AvgIpc) is 2.53. The first-order chi connectivity index (χ1) is 11.0. The molecular weight excluding hydrogens is 290 g/mol. The van der Waals surface area contributed by atoms with Crippen molar-refractivity contribution in [3.8, 4) is 0 Å². The second-order valence-corrected chi connectivity index (χ2v) is 5.64. The number of esters is 1. The number of hydrogen-bond acceptors (Lipinski definition) is 3. The quantitative estimate of drug-likeness (QED) is 0.863. The van der Waals surface area contributed by atoms with Crippen molar-refractivity contribution in [2.45, 2.75) is 27.4 Å². The van der Waals surface area contributed by atoms with Crippen LogP contribution in [0.2, 0.25) is 0 Å². The van der Waals surface area contributed by atoms with Crippen molar-refractivity contribution in [1.29, 1.82) is 0 Å². The average molecular weight is 311 g/mol. The van der Waals surface area contributed by atoms with E-state index in [1.54, 1.807) is 12.1 Å². The van der Waals surface area contributed by atoms with Crippen LogP contribution in [0, 0.1) is 20.8 Å². The number of aryl methyl sites for hydroxylation is 3. The molecule has 23 heavy (non-hydrogen) atoms. The highest BCUT2D eigenvalue weighted by atomic mass is 16.5. The molecular formula is C19H21NO3. The van der Waals surface area contributed by atoms with Gasteiger partial charge in [-0.05, 0) is 44.0 Å². The van der Waals surface area contributed by atoms with Crippen LogP contribution in [0.25, 0.3) is 0 Å². The number of hydrogen-bond donors (Lipinski definition) is 1. The molecule has 0 aliphatic heterocycles. The Morgan fingerprint density at radius 1 is 1.00 bits per heavy atom. The van der Waals surface area contributed by atoms with Gasteiger partial charge in [0.15, 0.2) is 0 Å². The SMILES string of the molecule is Cc1cccc(C(=O)NCC(=O)OCc2cc(C)ccc2C)c1. The molecule has 0 radical (unpaired) electrons. The van der Waals surface area contributed by atoms with E-state index in [1.807, 2.05) is 51.1 Å². The number of carbonyl (C=O) groups excluding carboxylic acids is 2. The summed E-state index contributed by atoms with van der Waals surface area (Å²) in [6.45, 7) is 5.95. The smallest absolute Gasteiger partial charge is 0.325 e. The maximum absolute atomic E-state index is 12.0. The molecule has 1 N–H and O–H groups in total. The minimum atomic E-state index is -0.452. The number of benzene rings is 2. The van der Waals surface area contributed by atoms with E-state index in [9.17, 15) is 9.59 Å². The maximum atomic E-state index is 12.0. The predicted molar refractivity (Wildman–Crippen MR) is 89.2 cm³/mol. The summed E-state index contributed by atoms with van der Waals surface area (Å²) < 4.78 is 5.22.